The molecule has 1 atom stereocenters. The maximum Gasteiger partial charge on any atom is 0.261 e. The van der Waals surface area contributed by atoms with Crippen LogP contribution in [0.5, 0.6) is 5.75 Å². The maximum atomic E-state index is 11.8. The molecular weight excluding hydrogens is 238 g/mol. The predicted octanol–water partition coefficient (Wildman–Crippen LogP) is 3.02. The number of amides is 1. The summed E-state index contributed by atoms with van der Waals surface area (Å²) >= 11 is 5.83. The van der Waals surface area contributed by atoms with Crippen molar-refractivity contribution in [2.45, 2.75) is 39.3 Å². The first-order valence-corrected chi connectivity index (χ1v) is 5.90. The molecule has 0 aliphatic carbocycles. The first-order chi connectivity index (χ1) is 7.78. The number of benzene rings is 1. The van der Waals surface area contributed by atoms with E-state index in [-0.39, 0.29) is 11.4 Å². The normalized spacial score (nSPS) is 13.0. The molecule has 0 unspecified atom stereocenters. The highest BCUT2D eigenvalue weighted by atomic mass is 35.5. The quantitative estimate of drug-likeness (QED) is 0.902. The number of ether oxygens (including phenoxy) is 1. The van der Waals surface area contributed by atoms with E-state index in [0.29, 0.717) is 10.8 Å². The smallest absolute Gasteiger partial charge is 0.261 e. The third-order valence-electron chi connectivity index (χ3n) is 1.98. The molecule has 94 valence electrons. The van der Waals surface area contributed by atoms with Crippen molar-refractivity contribution in [1.82, 2.24) is 5.32 Å². The van der Waals surface area contributed by atoms with Crippen LogP contribution in [-0.4, -0.2) is 17.6 Å². The lowest BCUT2D eigenvalue weighted by Gasteiger charge is -2.23. The Balaban J connectivity index is 2.60. The summed E-state index contributed by atoms with van der Waals surface area (Å²) in [6, 6.07) is 7.00. The summed E-state index contributed by atoms with van der Waals surface area (Å²) in [6.07, 6.45) is -0.548. The van der Waals surface area contributed by atoms with Gasteiger partial charge < -0.3 is 10.1 Å². The van der Waals surface area contributed by atoms with E-state index < -0.39 is 6.10 Å². The van der Waals surface area contributed by atoms with Crippen LogP contribution in [0.1, 0.15) is 27.7 Å². The topological polar surface area (TPSA) is 38.3 Å². The Morgan fingerprint density at radius 1 is 1.41 bits per heavy atom. The van der Waals surface area contributed by atoms with Crippen molar-refractivity contribution < 1.29 is 9.53 Å². The third kappa shape index (κ3) is 5.09. The summed E-state index contributed by atoms with van der Waals surface area (Å²) in [7, 11) is 0. The van der Waals surface area contributed by atoms with E-state index in [1.807, 2.05) is 20.8 Å². The molecule has 0 heterocycles. The van der Waals surface area contributed by atoms with Gasteiger partial charge in [0.2, 0.25) is 0 Å². The van der Waals surface area contributed by atoms with Gasteiger partial charge in [0.1, 0.15) is 5.75 Å². The van der Waals surface area contributed by atoms with Crippen LogP contribution in [0.2, 0.25) is 5.02 Å². The van der Waals surface area contributed by atoms with Gasteiger partial charge in [0.15, 0.2) is 6.10 Å². The summed E-state index contributed by atoms with van der Waals surface area (Å²) in [5.41, 5.74) is -0.261. The maximum absolute atomic E-state index is 11.8. The van der Waals surface area contributed by atoms with E-state index in [9.17, 15) is 4.79 Å². The molecular formula is C13H18ClNO2. The van der Waals surface area contributed by atoms with Gasteiger partial charge in [-0.1, -0.05) is 17.7 Å². The zero-order valence-electron chi connectivity index (χ0n) is 10.6. The Hall–Kier alpha value is -1.22. The molecule has 1 N–H and O–H groups in total. The molecule has 1 rings (SSSR count). The second-order valence-electron chi connectivity index (χ2n) is 4.96. The van der Waals surface area contributed by atoms with Crippen LogP contribution in [0.25, 0.3) is 0 Å². The van der Waals surface area contributed by atoms with E-state index in [0.717, 1.165) is 0 Å². The van der Waals surface area contributed by atoms with Crippen molar-refractivity contribution in [2.75, 3.05) is 0 Å². The van der Waals surface area contributed by atoms with Gasteiger partial charge in [0.25, 0.3) is 5.91 Å². The number of hydrogen-bond acceptors (Lipinski definition) is 2. The van der Waals surface area contributed by atoms with Crippen molar-refractivity contribution in [3.05, 3.63) is 29.3 Å². The van der Waals surface area contributed by atoms with Gasteiger partial charge in [-0.2, -0.15) is 0 Å². The average molecular weight is 256 g/mol. The SMILES string of the molecule is C[C@H](Oc1cccc(Cl)c1)C(=O)NC(C)(C)C. The summed E-state index contributed by atoms with van der Waals surface area (Å²) in [5, 5.41) is 3.45. The van der Waals surface area contributed by atoms with Gasteiger partial charge in [-0.05, 0) is 45.9 Å². The molecule has 0 radical (unpaired) electrons. The Morgan fingerprint density at radius 3 is 2.59 bits per heavy atom. The summed E-state index contributed by atoms with van der Waals surface area (Å²) in [5.74, 6) is 0.450. The highest BCUT2D eigenvalue weighted by molar-refractivity contribution is 6.30. The molecule has 1 aromatic carbocycles. The first-order valence-electron chi connectivity index (χ1n) is 5.52. The third-order valence-corrected chi connectivity index (χ3v) is 2.21. The molecule has 0 saturated heterocycles. The second kappa shape index (κ2) is 5.41. The fraction of sp³-hybridized carbons (Fsp3) is 0.462. The number of carbonyl (C=O) groups excluding carboxylic acids is 1. The van der Waals surface area contributed by atoms with Crippen LogP contribution in [0.4, 0.5) is 0 Å². The fourth-order valence-corrected chi connectivity index (χ4v) is 1.45. The summed E-state index contributed by atoms with van der Waals surface area (Å²) in [6.45, 7) is 7.49. The Labute approximate surface area is 107 Å². The Kier molecular flexibility index (Phi) is 4.40. The predicted molar refractivity (Wildman–Crippen MR) is 69.4 cm³/mol. The standard InChI is InChI=1S/C13H18ClNO2/c1-9(12(16)15-13(2,3)4)17-11-7-5-6-10(14)8-11/h5-9H,1-4H3,(H,15,16)/t9-/m0/s1. The van der Waals surface area contributed by atoms with E-state index in [2.05, 4.69) is 5.32 Å². The van der Waals surface area contributed by atoms with Crippen molar-refractivity contribution in [2.24, 2.45) is 0 Å². The van der Waals surface area contributed by atoms with Crippen molar-refractivity contribution in [1.29, 1.82) is 0 Å². The number of rotatable bonds is 3. The van der Waals surface area contributed by atoms with E-state index in [1.165, 1.54) is 0 Å². The monoisotopic (exact) mass is 255 g/mol. The van der Waals surface area contributed by atoms with Crippen molar-refractivity contribution >= 4 is 17.5 Å². The van der Waals surface area contributed by atoms with E-state index >= 15 is 0 Å². The highest BCUT2D eigenvalue weighted by Crippen LogP contribution is 2.18. The minimum Gasteiger partial charge on any atom is -0.481 e. The summed E-state index contributed by atoms with van der Waals surface area (Å²) in [4.78, 5) is 11.8. The number of halogens is 1. The molecule has 0 fully saturated rings. The molecule has 1 aromatic rings. The van der Waals surface area contributed by atoms with Crippen molar-refractivity contribution in [3.8, 4) is 5.75 Å². The molecule has 0 spiro atoms. The minimum atomic E-state index is -0.548. The minimum absolute atomic E-state index is 0.141. The molecule has 0 aliphatic heterocycles. The zero-order valence-corrected chi connectivity index (χ0v) is 11.3. The molecule has 4 heteroatoms. The van der Waals surface area contributed by atoms with E-state index in [4.69, 9.17) is 16.3 Å². The van der Waals surface area contributed by atoms with Crippen LogP contribution in [0.3, 0.4) is 0 Å². The van der Waals surface area contributed by atoms with Gasteiger partial charge in [0, 0.05) is 10.6 Å². The summed E-state index contributed by atoms with van der Waals surface area (Å²) < 4.78 is 5.51. The van der Waals surface area contributed by atoms with Crippen LogP contribution in [0.15, 0.2) is 24.3 Å². The molecule has 0 saturated carbocycles. The molecule has 1 amide bonds. The van der Waals surface area contributed by atoms with Gasteiger partial charge >= 0.3 is 0 Å². The number of nitrogens with one attached hydrogen (secondary N) is 1. The van der Waals surface area contributed by atoms with E-state index in [1.54, 1.807) is 31.2 Å². The molecule has 0 aliphatic rings. The second-order valence-corrected chi connectivity index (χ2v) is 5.39. The number of carbonyl (C=O) groups is 1. The van der Waals surface area contributed by atoms with Crippen LogP contribution in [0, 0.1) is 0 Å². The van der Waals surface area contributed by atoms with Gasteiger partial charge in [0.05, 0.1) is 0 Å². The Morgan fingerprint density at radius 2 is 2.06 bits per heavy atom. The van der Waals surface area contributed by atoms with Gasteiger partial charge in [-0.15, -0.1) is 0 Å². The lowest BCUT2D eigenvalue weighted by Crippen LogP contribution is -2.46. The molecule has 17 heavy (non-hydrogen) atoms. The lowest BCUT2D eigenvalue weighted by molar-refractivity contribution is -0.128. The lowest BCUT2D eigenvalue weighted by atomic mass is 10.1. The van der Waals surface area contributed by atoms with Crippen LogP contribution < -0.4 is 10.1 Å². The average Bonchev–Trinajstić information content (AvgIpc) is 2.14. The highest BCUT2D eigenvalue weighted by Gasteiger charge is 2.20. The first kappa shape index (κ1) is 13.8. The number of hydrogen-bond donors (Lipinski definition) is 1. The van der Waals surface area contributed by atoms with Crippen LogP contribution >= 0.6 is 11.6 Å². The van der Waals surface area contributed by atoms with Gasteiger partial charge in [-0.3, -0.25) is 4.79 Å². The van der Waals surface area contributed by atoms with Gasteiger partial charge in [-0.25, -0.2) is 0 Å². The molecule has 0 bridgehead atoms. The van der Waals surface area contributed by atoms with Crippen LogP contribution in [-0.2, 0) is 4.79 Å². The molecule has 0 aromatic heterocycles. The zero-order chi connectivity index (χ0) is 13.1. The largest absolute Gasteiger partial charge is 0.481 e. The Bertz CT molecular complexity index is 399. The van der Waals surface area contributed by atoms with Crippen molar-refractivity contribution in [3.63, 3.8) is 0 Å². The molecule has 3 nitrogen and oxygen atoms in total. The fourth-order valence-electron chi connectivity index (χ4n) is 1.27.